The molecule has 2 aromatic rings. The van der Waals surface area contributed by atoms with Gasteiger partial charge in [0.05, 0.1) is 24.8 Å². The molecule has 0 radical (unpaired) electrons. The zero-order chi connectivity index (χ0) is 17.9. The quantitative estimate of drug-likeness (QED) is 0.890. The van der Waals surface area contributed by atoms with Crippen molar-refractivity contribution in [3.63, 3.8) is 0 Å². The van der Waals surface area contributed by atoms with E-state index in [1.165, 1.54) is 5.69 Å². The lowest BCUT2D eigenvalue weighted by Crippen LogP contribution is -2.45. The van der Waals surface area contributed by atoms with Gasteiger partial charge in [0.25, 0.3) is 0 Å². The third-order valence-electron chi connectivity index (χ3n) is 5.66. The molecule has 0 amide bonds. The summed E-state index contributed by atoms with van der Waals surface area (Å²) in [5.74, 6) is 0.372. The van der Waals surface area contributed by atoms with Gasteiger partial charge in [0.2, 0.25) is 0 Å². The molecule has 0 spiro atoms. The van der Waals surface area contributed by atoms with E-state index in [1.54, 1.807) is 0 Å². The predicted octanol–water partition coefficient (Wildman–Crippen LogP) is 2.80. The first-order valence-electron chi connectivity index (χ1n) is 9.48. The molecule has 0 saturated carbocycles. The Bertz CT molecular complexity index is 743. The number of aliphatic hydroxyl groups is 1. The van der Waals surface area contributed by atoms with Crippen molar-refractivity contribution < 1.29 is 9.84 Å². The lowest BCUT2D eigenvalue weighted by Gasteiger charge is -2.38. The first-order valence-corrected chi connectivity index (χ1v) is 9.86. The number of piperidine rings is 1. The van der Waals surface area contributed by atoms with E-state index in [0.717, 1.165) is 69.7 Å². The van der Waals surface area contributed by atoms with Crippen LogP contribution >= 0.6 is 11.6 Å². The fourth-order valence-corrected chi connectivity index (χ4v) is 4.27. The van der Waals surface area contributed by atoms with Gasteiger partial charge >= 0.3 is 0 Å². The molecule has 2 fully saturated rings. The topological polar surface area (TPSA) is 48.8 Å². The zero-order valence-corrected chi connectivity index (χ0v) is 15.7. The number of hydrogen-bond acceptors (Lipinski definition) is 5. The predicted molar refractivity (Wildman–Crippen MR) is 105 cm³/mol. The molecular weight excluding hydrogens is 350 g/mol. The van der Waals surface area contributed by atoms with Crippen molar-refractivity contribution in [1.82, 2.24) is 9.88 Å². The van der Waals surface area contributed by atoms with Crippen molar-refractivity contribution in [1.29, 1.82) is 0 Å². The van der Waals surface area contributed by atoms with E-state index >= 15 is 0 Å². The molecule has 1 aromatic carbocycles. The van der Waals surface area contributed by atoms with Crippen molar-refractivity contribution in [3.05, 3.63) is 35.5 Å². The SMILES string of the molecule is OC(CN1CCOCC1)C1CCN(c2ccnc3cc(Cl)ccc23)CC1. The molecular formula is C20H26ClN3O2. The summed E-state index contributed by atoms with van der Waals surface area (Å²) in [6.07, 6.45) is 3.64. The number of benzene rings is 1. The fraction of sp³-hybridized carbons (Fsp3) is 0.550. The van der Waals surface area contributed by atoms with Crippen LogP contribution in [0.5, 0.6) is 0 Å². The number of β-amino-alcohol motifs (C(OH)–C–C–N with tert-alkyl or cyclic N) is 1. The number of morpholine rings is 1. The van der Waals surface area contributed by atoms with E-state index in [4.69, 9.17) is 16.3 Å². The summed E-state index contributed by atoms with van der Waals surface area (Å²) in [4.78, 5) is 9.17. The Morgan fingerprint density at radius 1 is 1.15 bits per heavy atom. The van der Waals surface area contributed by atoms with Crippen molar-refractivity contribution in [2.45, 2.75) is 18.9 Å². The van der Waals surface area contributed by atoms with Gasteiger partial charge in [-0.25, -0.2) is 0 Å². The highest BCUT2D eigenvalue weighted by molar-refractivity contribution is 6.31. The van der Waals surface area contributed by atoms with Gasteiger partial charge in [-0.15, -0.1) is 0 Å². The van der Waals surface area contributed by atoms with Gasteiger partial charge < -0.3 is 14.7 Å². The van der Waals surface area contributed by atoms with E-state index in [0.29, 0.717) is 10.9 Å². The number of nitrogens with zero attached hydrogens (tertiary/aromatic N) is 3. The van der Waals surface area contributed by atoms with Crippen LogP contribution < -0.4 is 4.90 Å². The van der Waals surface area contributed by atoms with E-state index in [-0.39, 0.29) is 6.10 Å². The van der Waals surface area contributed by atoms with Crippen molar-refractivity contribution in [3.8, 4) is 0 Å². The molecule has 3 heterocycles. The number of hydrogen-bond donors (Lipinski definition) is 1. The van der Waals surface area contributed by atoms with E-state index < -0.39 is 0 Å². The lowest BCUT2D eigenvalue weighted by atomic mass is 9.90. The Labute approximate surface area is 159 Å². The Morgan fingerprint density at radius 2 is 1.92 bits per heavy atom. The maximum atomic E-state index is 10.7. The summed E-state index contributed by atoms with van der Waals surface area (Å²) in [5.41, 5.74) is 2.15. The van der Waals surface area contributed by atoms with Crippen LogP contribution in [0.25, 0.3) is 10.9 Å². The monoisotopic (exact) mass is 375 g/mol. The van der Waals surface area contributed by atoms with Crippen molar-refractivity contribution in [2.24, 2.45) is 5.92 Å². The molecule has 0 bridgehead atoms. The molecule has 2 aliphatic rings. The number of aliphatic hydroxyl groups excluding tert-OH is 1. The molecule has 1 aromatic heterocycles. The molecule has 1 unspecified atom stereocenters. The number of rotatable bonds is 4. The minimum atomic E-state index is -0.247. The Kier molecular flexibility index (Phi) is 5.60. The fourth-order valence-electron chi connectivity index (χ4n) is 4.10. The minimum Gasteiger partial charge on any atom is -0.392 e. The third-order valence-corrected chi connectivity index (χ3v) is 5.89. The molecule has 6 heteroatoms. The first kappa shape index (κ1) is 18.0. The van der Waals surface area contributed by atoms with Crippen LogP contribution in [0, 0.1) is 5.92 Å². The molecule has 1 atom stereocenters. The van der Waals surface area contributed by atoms with Crippen LogP contribution in [-0.4, -0.2) is 67.0 Å². The molecule has 4 rings (SSSR count). The number of anilines is 1. The normalized spacial score (nSPS) is 21.2. The van der Waals surface area contributed by atoms with Gasteiger partial charge in [0, 0.05) is 55.0 Å². The highest BCUT2D eigenvalue weighted by Crippen LogP contribution is 2.31. The smallest absolute Gasteiger partial charge is 0.0737 e. The van der Waals surface area contributed by atoms with Crippen LogP contribution in [0.4, 0.5) is 5.69 Å². The molecule has 1 N–H and O–H groups in total. The summed E-state index contributed by atoms with van der Waals surface area (Å²) >= 11 is 6.10. The number of ether oxygens (including phenoxy) is 1. The summed E-state index contributed by atoms with van der Waals surface area (Å²) in [5, 5.41) is 12.5. The van der Waals surface area contributed by atoms with Crippen LogP contribution in [0.2, 0.25) is 5.02 Å². The third kappa shape index (κ3) is 3.96. The molecule has 26 heavy (non-hydrogen) atoms. The second-order valence-electron chi connectivity index (χ2n) is 7.30. The van der Waals surface area contributed by atoms with Gasteiger partial charge in [-0.1, -0.05) is 11.6 Å². The first-order chi connectivity index (χ1) is 12.7. The average Bonchev–Trinajstić information content (AvgIpc) is 2.68. The van der Waals surface area contributed by atoms with E-state index in [2.05, 4.69) is 26.9 Å². The highest BCUT2D eigenvalue weighted by atomic mass is 35.5. The van der Waals surface area contributed by atoms with Crippen LogP contribution in [0.3, 0.4) is 0 Å². The molecule has 0 aliphatic carbocycles. The summed E-state index contributed by atoms with van der Waals surface area (Å²) in [7, 11) is 0. The van der Waals surface area contributed by atoms with Gasteiger partial charge in [-0.05, 0) is 43.0 Å². The molecule has 2 aliphatic heterocycles. The maximum Gasteiger partial charge on any atom is 0.0737 e. The Hall–Kier alpha value is -1.40. The van der Waals surface area contributed by atoms with Gasteiger partial charge in [-0.2, -0.15) is 0 Å². The molecule has 5 nitrogen and oxygen atoms in total. The largest absolute Gasteiger partial charge is 0.392 e. The summed E-state index contributed by atoms with van der Waals surface area (Å²) in [6, 6.07) is 7.98. The Balaban J connectivity index is 1.39. The number of halogens is 1. The van der Waals surface area contributed by atoms with E-state index in [1.807, 2.05) is 18.3 Å². The van der Waals surface area contributed by atoms with Gasteiger partial charge in [0.15, 0.2) is 0 Å². The maximum absolute atomic E-state index is 10.7. The standard InChI is InChI=1S/C20H26ClN3O2/c21-16-1-2-17-18(13-16)22-6-3-19(17)24-7-4-15(5-8-24)20(25)14-23-9-11-26-12-10-23/h1-3,6,13,15,20,25H,4-5,7-12,14H2. The minimum absolute atomic E-state index is 0.247. The summed E-state index contributed by atoms with van der Waals surface area (Å²) < 4.78 is 5.39. The highest BCUT2D eigenvalue weighted by Gasteiger charge is 2.27. The van der Waals surface area contributed by atoms with Crippen LogP contribution in [-0.2, 0) is 4.74 Å². The molecule has 2 saturated heterocycles. The van der Waals surface area contributed by atoms with Crippen LogP contribution in [0.1, 0.15) is 12.8 Å². The van der Waals surface area contributed by atoms with Crippen molar-refractivity contribution >= 4 is 28.2 Å². The number of fused-ring (bicyclic) bond motifs is 1. The lowest BCUT2D eigenvalue weighted by molar-refractivity contribution is -0.00251. The number of pyridine rings is 1. The second-order valence-corrected chi connectivity index (χ2v) is 7.73. The summed E-state index contributed by atoms with van der Waals surface area (Å²) in [6.45, 7) is 6.13. The zero-order valence-electron chi connectivity index (χ0n) is 15.0. The average molecular weight is 376 g/mol. The van der Waals surface area contributed by atoms with Gasteiger partial charge in [0.1, 0.15) is 0 Å². The van der Waals surface area contributed by atoms with Gasteiger partial charge in [-0.3, -0.25) is 9.88 Å². The van der Waals surface area contributed by atoms with Crippen molar-refractivity contribution in [2.75, 3.05) is 50.8 Å². The number of aromatic nitrogens is 1. The van der Waals surface area contributed by atoms with E-state index in [9.17, 15) is 5.11 Å². The molecule has 140 valence electrons. The Morgan fingerprint density at radius 3 is 2.69 bits per heavy atom. The second kappa shape index (κ2) is 8.09. The van der Waals surface area contributed by atoms with Crippen LogP contribution in [0.15, 0.2) is 30.5 Å².